The first-order valence-electron chi connectivity index (χ1n) is 7.64. The Morgan fingerprint density at radius 3 is 2.29 bits per heavy atom. The number of nitrogens with zero attached hydrogens (tertiary/aromatic N) is 1. The van der Waals surface area contributed by atoms with Crippen molar-refractivity contribution in [1.29, 1.82) is 0 Å². The average molecular weight is 381 g/mol. The number of rotatable bonds is 9. The summed E-state index contributed by atoms with van der Waals surface area (Å²) >= 11 is 0. The zero-order chi connectivity index (χ0) is 18.5. The van der Waals surface area contributed by atoms with E-state index in [0.717, 1.165) is 18.4 Å². The Labute approximate surface area is 144 Å². The van der Waals surface area contributed by atoms with Gasteiger partial charge >= 0.3 is 0 Å². The third-order valence-electron chi connectivity index (χ3n) is 3.50. The van der Waals surface area contributed by atoms with Gasteiger partial charge in [0, 0.05) is 19.6 Å². The van der Waals surface area contributed by atoms with Crippen LogP contribution in [0.25, 0.3) is 0 Å². The molecule has 1 rings (SSSR count). The monoisotopic (exact) mass is 380 g/mol. The third-order valence-corrected chi connectivity index (χ3v) is 6.43. The zero-order valence-electron chi connectivity index (χ0n) is 14.4. The van der Waals surface area contributed by atoms with Crippen molar-refractivity contribution in [3.63, 3.8) is 0 Å². The maximum Gasteiger partial charge on any atom is 0.240 e. The van der Waals surface area contributed by atoms with Crippen LogP contribution in [0, 0.1) is 18.7 Å². The molecule has 0 radical (unpaired) electrons. The van der Waals surface area contributed by atoms with Gasteiger partial charge in [0.2, 0.25) is 20.0 Å². The molecular weight excluding hydrogens is 355 g/mol. The van der Waals surface area contributed by atoms with Crippen LogP contribution in [0.2, 0.25) is 0 Å². The summed E-state index contributed by atoms with van der Waals surface area (Å²) in [7, 11) is -7.23. The number of halogens is 1. The summed E-state index contributed by atoms with van der Waals surface area (Å²) in [4.78, 5) is -0.0167. The molecule has 0 fully saturated rings. The van der Waals surface area contributed by atoms with Gasteiger partial charge in [-0.2, -0.15) is 0 Å². The fraction of sp³-hybridized carbons (Fsp3) is 0.600. The molecule has 6 nitrogen and oxygen atoms in total. The first kappa shape index (κ1) is 21.0. The molecule has 0 spiro atoms. The standard InChI is InChI=1S/C15H25FN2O4S2/c1-12(2)7-9-18(23(4,19)20)10-8-17-24(21,22)15-6-5-14(16)11-13(15)3/h5-6,11-12,17H,7-10H2,1-4H3. The highest BCUT2D eigenvalue weighted by molar-refractivity contribution is 7.89. The smallest absolute Gasteiger partial charge is 0.213 e. The largest absolute Gasteiger partial charge is 0.240 e. The maximum atomic E-state index is 13.1. The van der Waals surface area contributed by atoms with Crippen LogP contribution in [0.4, 0.5) is 4.39 Å². The van der Waals surface area contributed by atoms with E-state index < -0.39 is 25.9 Å². The molecule has 0 unspecified atom stereocenters. The Hall–Kier alpha value is -1.03. The first-order chi connectivity index (χ1) is 10.9. The summed E-state index contributed by atoms with van der Waals surface area (Å²) in [6, 6.07) is 3.41. The van der Waals surface area contributed by atoms with E-state index in [9.17, 15) is 21.2 Å². The van der Waals surface area contributed by atoms with Crippen molar-refractivity contribution < 1.29 is 21.2 Å². The predicted octanol–water partition coefficient (Wildman–Crippen LogP) is 1.72. The topological polar surface area (TPSA) is 83.6 Å². The summed E-state index contributed by atoms with van der Waals surface area (Å²) < 4.78 is 64.8. The molecule has 1 N–H and O–H groups in total. The molecule has 0 saturated carbocycles. The number of hydrogen-bond acceptors (Lipinski definition) is 4. The summed E-state index contributed by atoms with van der Waals surface area (Å²) in [6.07, 6.45) is 1.79. The molecule has 0 aliphatic carbocycles. The SMILES string of the molecule is Cc1cc(F)ccc1S(=O)(=O)NCCN(CCC(C)C)S(C)(=O)=O. The molecule has 0 aliphatic rings. The lowest BCUT2D eigenvalue weighted by molar-refractivity contribution is 0.385. The van der Waals surface area contributed by atoms with E-state index in [1.807, 2.05) is 13.8 Å². The first-order valence-corrected chi connectivity index (χ1v) is 11.0. The van der Waals surface area contributed by atoms with Crippen LogP contribution < -0.4 is 4.72 Å². The fourth-order valence-corrected chi connectivity index (χ4v) is 4.25. The summed E-state index contributed by atoms with van der Waals surface area (Å²) in [5.74, 6) is -0.170. The van der Waals surface area contributed by atoms with E-state index >= 15 is 0 Å². The van der Waals surface area contributed by atoms with Gasteiger partial charge in [0.1, 0.15) is 5.82 Å². The minimum Gasteiger partial charge on any atom is -0.213 e. The van der Waals surface area contributed by atoms with E-state index in [2.05, 4.69) is 4.72 Å². The van der Waals surface area contributed by atoms with Crippen molar-refractivity contribution in [2.24, 2.45) is 5.92 Å². The van der Waals surface area contributed by atoms with E-state index in [-0.39, 0.29) is 18.0 Å². The summed E-state index contributed by atoms with van der Waals surface area (Å²) in [5.41, 5.74) is 0.294. The molecule has 0 bridgehead atoms. The van der Waals surface area contributed by atoms with Crippen LogP contribution in [-0.2, 0) is 20.0 Å². The molecule has 1 aromatic rings. The van der Waals surface area contributed by atoms with Gasteiger partial charge in [-0.15, -0.1) is 0 Å². The van der Waals surface area contributed by atoms with Crippen LogP contribution in [0.3, 0.4) is 0 Å². The average Bonchev–Trinajstić information content (AvgIpc) is 2.40. The number of hydrogen-bond donors (Lipinski definition) is 1. The molecule has 138 valence electrons. The van der Waals surface area contributed by atoms with Crippen molar-refractivity contribution in [3.05, 3.63) is 29.6 Å². The lowest BCUT2D eigenvalue weighted by Crippen LogP contribution is -2.39. The van der Waals surface area contributed by atoms with Crippen LogP contribution in [0.1, 0.15) is 25.8 Å². The van der Waals surface area contributed by atoms with Gasteiger partial charge in [0.25, 0.3) is 0 Å². The molecule has 24 heavy (non-hydrogen) atoms. The highest BCUT2D eigenvalue weighted by atomic mass is 32.2. The third kappa shape index (κ3) is 6.46. The van der Waals surface area contributed by atoms with E-state index in [1.165, 1.54) is 17.3 Å². The minimum atomic E-state index is -3.82. The van der Waals surface area contributed by atoms with E-state index in [4.69, 9.17) is 0 Å². The minimum absolute atomic E-state index is 0.0167. The number of sulfonamides is 2. The normalized spacial score (nSPS) is 13.0. The lowest BCUT2D eigenvalue weighted by atomic mass is 10.1. The molecule has 0 aromatic heterocycles. The highest BCUT2D eigenvalue weighted by Gasteiger charge is 2.20. The van der Waals surface area contributed by atoms with Crippen LogP contribution >= 0.6 is 0 Å². The van der Waals surface area contributed by atoms with E-state index in [0.29, 0.717) is 24.4 Å². The predicted molar refractivity (Wildman–Crippen MR) is 92.2 cm³/mol. The molecule has 0 atom stereocenters. The second-order valence-electron chi connectivity index (χ2n) is 6.15. The Balaban J connectivity index is 2.75. The second-order valence-corrected chi connectivity index (χ2v) is 9.87. The van der Waals surface area contributed by atoms with Gasteiger partial charge in [0.15, 0.2) is 0 Å². The second kappa shape index (κ2) is 8.37. The lowest BCUT2D eigenvalue weighted by Gasteiger charge is -2.21. The number of nitrogens with one attached hydrogen (secondary N) is 1. The van der Waals surface area contributed by atoms with Gasteiger partial charge in [-0.1, -0.05) is 13.8 Å². The zero-order valence-corrected chi connectivity index (χ0v) is 16.0. The van der Waals surface area contributed by atoms with Gasteiger partial charge < -0.3 is 0 Å². The quantitative estimate of drug-likeness (QED) is 0.707. The van der Waals surface area contributed by atoms with E-state index in [1.54, 1.807) is 0 Å². The highest BCUT2D eigenvalue weighted by Crippen LogP contribution is 2.15. The van der Waals surface area contributed by atoms with Crippen LogP contribution in [-0.4, -0.2) is 47.0 Å². The molecule has 0 heterocycles. The van der Waals surface area contributed by atoms with Crippen LogP contribution in [0.15, 0.2) is 23.1 Å². The van der Waals surface area contributed by atoms with Gasteiger partial charge in [-0.3, -0.25) is 0 Å². The molecule has 0 aliphatic heterocycles. The van der Waals surface area contributed by atoms with Crippen molar-refractivity contribution in [1.82, 2.24) is 9.03 Å². The number of aryl methyl sites for hydroxylation is 1. The summed E-state index contributed by atoms with van der Waals surface area (Å²) in [6.45, 7) is 5.81. The van der Waals surface area contributed by atoms with Crippen LogP contribution in [0.5, 0.6) is 0 Å². The van der Waals surface area contributed by atoms with Crippen molar-refractivity contribution >= 4 is 20.0 Å². The Morgan fingerprint density at radius 2 is 1.79 bits per heavy atom. The van der Waals surface area contributed by atoms with Gasteiger partial charge in [-0.25, -0.2) is 30.3 Å². The Bertz CT molecular complexity index is 762. The fourth-order valence-electron chi connectivity index (χ4n) is 2.14. The van der Waals surface area contributed by atoms with Gasteiger partial charge in [0.05, 0.1) is 11.2 Å². The van der Waals surface area contributed by atoms with Crippen molar-refractivity contribution in [2.45, 2.75) is 32.1 Å². The van der Waals surface area contributed by atoms with Gasteiger partial charge in [-0.05, 0) is 43.0 Å². The number of benzene rings is 1. The van der Waals surface area contributed by atoms with Crippen molar-refractivity contribution in [3.8, 4) is 0 Å². The molecule has 0 amide bonds. The molecule has 9 heteroatoms. The maximum absolute atomic E-state index is 13.1. The molecular formula is C15H25FN2O4S2. The summed E-state index contributed by atoms with van der Waals surface area (Å²) in [5, 5.41) is 0. The molecule has 1 aromatic carbocycles. The van der Waals surface area contributed by atoms with Crippen molar-refractivity contribution in [2.75, 3.05) is 25.9 Å². The Morgan fingerprint density at radius 1 is 1.17 bits per heavy atom. The molecule has 0 saturated heterocycles. The Kier molecular flexibility index (Phi) is 7.33.